The molecular weight excluding hydrogens is 230 g/mol. The molecule has 0 atom stereocenters. The molecule has 1 aromatic carbocycles. The zero-order valence-corrected chi connectivity index (χ0v) is 9.90. The zero-order valence-electron chi connectivity index (χ0n) is 9.90. The van der Waals surface area contributed by atoms with E-state index in [2.05, 4.69) is 10.6 Å². The summed E-state index contributed by atoms with van der Waals surface area (Å²) in [4.78, 5) is 23.2. The van der Waals surface area contributed by atoms with E-state index in [9.17, 15) is 9.59 Å². The highest BCUT2D eigenvalue weighted by Gasteiger charge is 2.28. The third-order valence-electron chi connectivity index (χ3n) is 3.51. The van der Waals surface area contributed by atoms with Crippen molar-refractivity contribution in [3.63, 3.8) is 0 Å². The smallest absolute Gasteiger partial charge is 0.251 e. The van der Waals surface area contributed by atoms with Crippen LogP contribution in [0.25, 0.3) is 0 Å². The van der Waals surface area contributed by atoms with E-state index in [-0.39, 0.29) is 23.9 Å². The molecular formula is C13H15N3O2. The van der Waals surface area contributed by atoms with E-state index in [1.165, 1.54) is 0 Å². The first-order valence-electron chi connectivity index (χ1n) is 6.11. The molecule has 2 amide bonds. The Morgan fingerprint density at radius 1 is 1.39 bits per heavy atom. The first-order chi connectivity index (χ1) is 8.61. The lowest BCUT2D eigenvalue weighted by Crippen LogP contribution is -2.50. The SMILES string of the molecule is NC1CC(NC(=O)c2ccc3c(c2)NC(=O)C3)C1. The largest absolute Gasteiger partial charge is 0.349 e. The van der Waals surface area contributed by atoms with Crippen molar-refractivity contribution in [3.05, 3.63) is 29.3 Å². The molecule has 18 heavy (non-hydrogen) atoms. The van der Waals surface area contributed by atoms with Crippen molar-refractivity contribution in [2.75, 3.05) is 5.32 Å². The number of fused-ring (bicyclic) bond motifs is 1. The van der Waals surface area contributed by atoms with Gasteiger partial charge in [0.25, 0.3) is 5.91 Å². The molecule has 4 N–H and O–H groups in total. The number of hydrogen-bond donors (Lipinski definition) is 3. The van der Waals surface area contributed by atoms with E-state index in [1.54, 1.807) is 12.1 Å². The van der Waals surface area contributed by atoms with E-state index in [0.717, 1.165) is 24.1 Å². The van der Waals surface area contributed by atoms with Crippen LogP contribution in [0.15, 0.2) is 18.2 Å². The number of nitrogens with one attached hydrogen (secondary N) is 2. The van der Waals surface area contributed by atoms with Crippen LogP contribution < -0.4 is 16.4 Å². The second-order valence-corrected chi connectivity index (χ2v) is 5.00. The topological polar surface area (TPSA) is 84.2 Å². The fourth-order valence-corrected chi connectivity index (χ4v) is 2.40. The summed E-state index contributed by atoms with van der Waals surface area (Å²) in [6, 6.07) is 5.72. The second kappa shape index (κ2) is 4.10. The number of hydrogen-bond acceptors (Lipinski definition) is 3. The number of carbonyl (C=O) groups is 2. The van der Waals surface area contributed by atoms with Crippen molar-refractivity contribution in [3.8, 4) is 0 Å². The molecule has 5 nitrogen and oxygen atoms in total. The van der Waals surface area contributed by atoms with Gasteiger partial charge in [-0.05, 0) is 30.5 Å². The molecule has 0 unspecified atom stereocenters. The van der Waals surface area contributed by atoms with Crippen LogP contribution in [0.3, 0.4) is 0 Å². The number of rotatable bonds is 2. The van der Waals surface area contributed by atoms with Crippen molar-refractivity contribution >= 4 is 17.5 Å². The van der Waals surface area contributed by atoms with Crippen LogP contribution in [0.5, 0.6) is 0 Å². The van der Waals surface area contributed by atoms with E-state index in [0.29, 0.717) is 12.0 Å². The number of anilines is 1. The summed E-state index contributed by atoms with van der Waals surface area (Å²) < 4.78 is 0. The summed E-state index contributed by atoms with van der Waals surface area (Å²) in [6.07, 6.45) is 2.08. The van der Waals surface area contributed by atoms with Gasteiger partial charge in [-0.1, -0.05) is 6.07 Å². The predicted octanol–water partition coefficient (Wildman–Crippen LogP) is 0.401. The normalized spacial score (nSPS) is 25.1. The van der Waals surface area contributed by atoms with Crippen LogP contribution >= 0.6 is 0 Å². The van der Waals surface area contributed by atoms with Gasteiger partial charge in [-0.2, -0.15) is 0 Å². The lowest BCUT2D eigenvalue weighted by Gasteiger charge is -2.32. The van der Waals surface area contributed by atoms with Gasteiger partial charge in [-0.25, -0.2) is 0 Å². The molecule has 0 bridgehead atoms. The monoisotopic (exact) mass is 245 g/mol. The molecule has 1 aliphatic heterocycles. The fourth-order valence-electron chi connectivity index (χ4n) is 2.40. The number of amides is 2. The van der Waals surface area contributed by atoms with E-state index in [1.807, 2.05) is 6.07 Å². The van der Waals surface area contributed by atoms with Gasteiger partial charge < -0.3 is 16.4 Å². The van der Waals surface area contributed by atoms with Gasteiger partial charge in [0, 0.05) is 23.3 Å². The molecule has 0 spiro atoms. The van der Waals surface area contributed by atoms with Crippen molar-refractivity contribution in [1.82, 2.24) is 5.32 Å². The number of nitrogens with two attached hydrogens (primary N) is 1. The minimum absolute atomic E-state index is 0.0208. The molecule has 0 radical (unpaired) electrons. The maximum atomic E-state index is 12.0. The molecule has 94 valence electrons. The Bertz CT molecular complexity index is 521. The molecule has 0 aromatic heterocycles. The minimum Gasteiger partial charge on any atom is -0.349 e. The molecule has 1 aromatic rings. The molecule has 2 aliphatic rings. The number of benzene rings is 1. The average molecular weight is 245 g/mol. The minimum atomic E-state index is -0.101. The van der Waals surface area contributed by atoms with Crippen molar-refractivity contribution in [2.24, 2.45) is 5.73 Å². The van der Waals surface area contributed by atoms with Crippen LogP contribution in [-0.2, 0) is 11.2 Å². The third-order valence-corrected chi connectivity index (χ3v) is 3.51. The first-order valence-corrected chi connectivity index (χ1v) is 6.11. The van der Waals surface area contributed by atoms with Crippen molar-refractivity contribution in [1.29, 1.82) is 0 Å². The second-order valence-electron chi connectivity index (χ2n) is 5.00. The highest BCUT2D eigenvalue weighted by molar-refractivity contribution is 6.02. The Hall–Kier alpha value is -1.88. The van der Waals surface area contributed by atoms with E-state index < -0.39 is 0 Å². The Labute approximate surface area is 105 Å². The molecule has 3 rings (SSSR count). The third kappa shape index (κ3) is 1.97. The molecule has 5 heteroatoms. The maximum absolute atomic E-state index is 12.0. The summed E-state index contributed by atoms with van der Waals surface area (Å²) in [5.41, 5.74) is 7.95. The van der Waals surface area contributed by atoms with Crippen LogP contribution in [0.4, 0.5) is 5.69 Å². The lowest BCUT2D eigenvalue weighted by molar-refractivity contribution is -0.115. The summed E-state index contributed by atoms with van der Waals surface area (Å²) >= 11 is 0. The summed E-state index contributed by atoms with van der Waals surface area (Å²) in [6.45, 7) is 0. The van der Waals surface area contributed by atoms with Gasteiger partial charge in [-0.3, -0.25) is 9.59 Å². The van der Waals surface area contributed by atoms with Crippen molar-refractivity contribution in [2.45, 2.75) is 31.3 Å². The zero-order chi connectivity index (χ0) is 12.7. The Morgan fingerprint density at radius 2 is 2.17 bits per heavy atom. The maximum Gasteiger partial charge on any atom is 0.251 e. The summed E-state index contributed by atoms with van der Waals surface area (Å²) in [5, 5.41) is 5.68. The van der Waals surface area contributed by atoms with Gasteiger partial charge in [0.15, 0.2) is 0 Å². The highest BCUT2D eigenvalue weighted by atomic mass is 16.2. The molecule has 1 aliphatic carbocycles. The van der Waals surface area contributed by atoms with Gasteiger partial charge in [0.05, 0.1) is 6.42 Å². The molecule has 0 saturated heterocycles. The van der Waals surface area contributed by atoms with Gasteiger partial charge >= 0.3 is 0 Å². The molecule has 1 heterocycles. The van der Waals surface area contributed by atoms with Crippen molar-refractivity contribution < 1.29 is 9.59 Å². The molecule has 1 fully saturated rings. The predicted molar refractivity (Wildman–Crippen MR) is 67.2 cm³/mol. The first kappa shape index (κ1) is 11.2. The Balaban J connectivity index is 1.71. The van der Waals surface area contributed by atoms with Crippen LogP contribution in [0.1, 0.15) is 28.8 Å². The average Bonchev–Trinajstić information content (AvgIpc) is 2.65. The fraction of sp³-hybridized carbons (Fsp3) is 0.385. The van der Waals surface area contributed by atoms with Crippen LogP contribution in [0, 0.1) is 0 Å². The standard InChI is InChI=1S/C13H15N3O2/c14-9-5-10(6-9)15-13(18)8-2-1-7-4-12(17)16-11(7)3-8/h1-3,9-10H,4-6,14H2,(H,15,18)(H,16,17). The lowest BCUT2D eigenvalue weighted by atomic mass is 9.87. The Morgan fingerprint density at radius 3 is 2.89 bits per heavy atom. The van der Waals surface area contributed by atoms with Gasteiger partial charge in [0.1, 0.15) is 0 Å². The van der Waals surface area contributed by atoms with Crippen LogP contribution in [0.2, 0.25) is 0 Å². The quantitative estimate of drug-likeness (QED) is 0.705. The summed E-state index contributed by atoms with van der Waals surface area (Å²) in [7, 11) is 0. The number of carbonyl (C=O) groups excluding carboxylic acids is 2. The van der Waals surface area contributed by atoms with E-state index in [4.69, 9.17) is 5.73 Å². The van der Waals surface area contributed by atoms with Gasteiger partial charge in [-0.15, -0.1) is 0 Å². The van der Waals surface area contributed by atoms with E-state index >= 15 is 0 Å². The summed E-state index contributed by atoms with van der Waals surface area (Å²) in [5.74, 6) is -0.122. The van der Waals surface area contributed by atoms with Gasteiger partial charge in [0.2, 0.25) is 5.91 Å². The highest BCUT2D eigenvalue weighted by Crippen LogP contribution is 2.24. The van der Waals surface area contributed by atoms with Crippen LogP contribution in [-0.4, -0.2) is 23.9 Å². The Kier molecular flexibility index (Phi) is 2.56. The molecule has 1 saturated carbocycles.